The number of hydrogen-bond acceptors (Lipinski definition) is 3. The van der Waals surface area contributed by atoms with Crippen LogP contribution in [0, 0.1) is 0 Å². The quantitative estimate of drug-likeness (QED) is 0.794. The number of benzene rings is 1. The highest BCUT2D eigenvalue weighted by Crippen LogP contribution is 2.42. The zero-order valence-electron chi connectivity index (χ0n) is 12.3. The van der Waals surface area contributed by atoms with E-state index in [2.05, 4.69) is 51.7 Å². The highest BCUT2D eigenvalue weighted by atomic mass is 35.5. The highest BCUT2D eigenvalue weighted by Gasteiger charge is 2.24. The van der Waals surface area contributed by atoms with E-state index in [4.69, 9.17) is 16.4 Å². The van der Waals surface area contributed by atoms with Crippen LogP contribution in [-0.2, 0) is 14.9 Å². The van der Waals surface area contributed by atoms with E-state index in [9.17, 15) is 4.89 Å². The lowest BCUT2D eigenvalue weighted by atomic mass is 9.80. The zero-order valence-corrected chi connectivity index (χ0v) is 14.0. The third-order valence-corrected chi connectivity index (χ3v) is 3.71. The van der Waals surface area contributed by atoms with E-state index >= 15 is 0 Å². The molecule has 1 unspecified atom stereocenters. The van der Waals surface area contributed by atoms with E-state index in [1.165, 1.54) is 5.56 Å². The minimum atomic E-state index is -2.09. The van der Waals surface area contributed by atoms with Gasteiger partial charge in [0, 0.05) is 5.56 Å². The molecule has 0 aliphatic heterocycles. The van der Waals surface area contributed by atoms with Gasteiger partial charge in [-0.1, -0.05) is 53.7 Å². The van der Waals surface area contributed by atoms with Gasteiger partial charge in [-0.25, -0.2) is 0 Å². The van der Waals surface area contributed by atoms with Crippen molar-refractivity contribution >= 4 is 20.5 Å². The van der Waals surface area contributed by atoms with Crippen LogP contribution in [0.25, 0.3) is 0 Å². The molecule has 5 heteroatoms. The van der Waals surface area contributed by atoms with Crippen LogP contribution in [-0.4, -0.2) is 4.89 Å². The molecule has 0 saturated heterocycles. The topological polar surface area (TPSA) is 38.7 Å². The lowest BCUT2D eigenvalue weighted by Crippen LogP contribution is -2.17. The molecule has 19 heavy (non-hydrogen) atoms. The third kappa shape index (κ3) is 4.61. The molecule has 1 atom stereocenters. The molecule has 1 aromatic rings. The molecule has 3 nitrogen and oxygen atoms in total. The Labute approximate surface area is 122 Å². The van der Waals surface area contributed by atoms with Crippen molar-refractivity contribution in [1.82, 2.24) is 0 Å². The van der Waals surface area contributed by atoms with E-state index in [-0.39, 0.29) is 10.8 Å². The van der Waals surface area contributed by atoms with Gasteiger partial charge in [0.1, 0.15) is 5.75 Å². The van der Waals surface area contributed by atoms with Crippen molar-refractivity contribution in [1.29, 1.82) is 0 Å². The van der Waals surface area contributed by atoms with Crippen LogP contribution < -0.4 is 4.52 Å². The summed E-state index contributed by atoms with van der Waals surface area (Å²) in [4.78, 5) is 9.42. The van der Waals surface area contributed by atoms with Crippen molar-refractivity contribution in [3.8, 4) is 5.75 Å². The van der Waals surface area contributed by atoms with E-state index in [0.717, 1.165) is 5.56 Å². The molecule has 0 aromatic heterocycles. The fourth-order valence-corrected chi connectivity index (χ4v) is 2.20. The molecule has 0 amide bonds. The third-order valence-electron chi connectivity index (χ3n) is 2.89. The van der Waals surface area contributed by atoms with E-state index in [0.29, 0.717) is 5.75 Å². The average molecular weight is 305 g/mol. The van der Waals surface area contributed by atoms with E-state index < -0.39 is 8.60 Å². The Hall–Kier alpha value is -0.340. The Morgan fingerprint density at radius 3 is 2.05 bits per heavy atom. The summed E-state index contributed by atoms with van der Waals surface area (Å²) in [5.41, 5.74) is 2.21. The van der Waals surface area contributed by atoms with Crippen molar-refractivity contribution < 1.29 is 13.5 Å². The second-order valence-corrected chi connectivity index (χ2v) is 7.82. The Morgan fingerprint density at radius 1 is 1.05 bits per heavy atom. The summed E-state index contributed by atoms with van der Waals surface area (Å²) in [7, 11) is -2.09. The molecule has 0 saturated carbocycles. The summed E-state index contributed by atoms with van der Waals surface area (Å²) in [6.45, 7) is 12.8. The molecular formula is C14H22ClO3P. The van der Waals surface area contributed by atoms with Crippen LogP contribution in [0.5, 0.6) is 5.75 Å². The molecule has 0 aliphatic rings. The van der Waals surface area contributed by atoms with Crippen molar-refractivity contribution in [2.24, 2.45) is 0 Å². The monoisotopic (exact) mass is 304 g/mol. The van der Waals surface area contributed by atoms with Crippen LogP contribution in [0.3, 0.4) is 0 Å². The maximum Gasteiger partial charge on any atom is 0.412 e. The van der Waals surface area contributed by atoms with Gasteiger partial charge in [-0.2, -0.15) is 4.08 Å². The van der Waals surface area contributed by atoms with Crippen molar-refractivity contribution in [2.45, 2.75) is 52.4 Å². The average Bonchev–Trinajstić information content (AvgIpc) is 2.26. The SMILES string of the molecule is CC(C)(C)c1ccc(OP(O)OCl)c(C(C)(C)C)c1. The first-order valence-corrected chi connectivity index (χ1v) is 7.60. The highest BCUT2D eigenvalue weighted by molar-refractivity contribution is 7.42. The van der Waals surface area contributed by atoms with Gasteiger partial charge >= 0.3 is 8.60 Å². The predicted octanol–water partition coefficient (Wildman–Crippen LogP) is 5.05. The van der Waals surface area contributed by atoms with Gasteiger partial charge in [0.25, 0.3) is 0 Å². The molecular weight excluding hydrogens is 283 g/mol. The first kappa shape index (κ1) is 16.7. The van der Waals surface area contributed by atoms with Crippen LogP contribution in [0.4, 0.5) is 0 Å². The summed E-state index contributed by atoms with van der Waals surface area (Å²) in [6.07, 6.45) is 0. The molecule has 1 rings (SSSR count). The maximum atomic E-state index is 9.42. The molecule has 0 heterocycles. The van der Waals surface area contributed by atoms with Gasteiger partial charge in [-0.15, -0.1) is 0 Å². The molecule has 1 N–H and O–H groups in total. The maximum absolute atomic E-state index is 9.42. The minimum Gasteiger partial charge on any atom is -0.426 e. The molecule has 1 aromatic carbocycles. The molecule has 0 radical (unpaired) electrons. The molecule has 0 spiro atoms. The second-order valence-electron chi connectivity index (χ2n) is 6.61. The van der Waals surface area contributed by atoms with E-state index in [1.54, 1.807) is 0 Å². The molecule has 0 bridgehead atoms. The number of halogens is 1. The lowest BCUT2D eigenvalue weighted by Gasteiger charge is -2.27. The summed E-state index contributed by atoms with van der Waals surface area (Å²) >= 11 is 5.13. The normalized spacial score (nSPS) is 14.3. The number of rotatable bonds is 3. The zero-order chi connectivity index (χ0) is 14.8. The van der Waals surface area contributed by atoms with Crippen LogP contribution in [0.2, 0.25) is 0 Å². The fraction of sp³-hybridized carbons (Fsp3) is 0.571. The lowest BCUT2D eigenvalue weighted by molar-refractivity contribution is 0.389. The second kappa shape index (κ2) is 5.97. The van der Waals surface area contributed by atoms with Gasteiger partial charge in [-0.3, -0.25) is 0 Å². The van der Waals surface area contributed by atoms with Crippen LogP contribution >= 0.6 is 20.5 Å². The predicted molar refractivity (Wildman–Crippen MR) is 80.5 cm³/mol. The Kier molecular flexibility index (Phi) is 5.25. The number of hydrogen-bond donors (Lipinski definition) is 1. The summed E-state index contributed by atoms with van der Waals surface area (Å²) in [5, 5.41) is 0. The van der Waals surface area contributed by atoms with E-state index in [1.807, 2.05) is 12.1 Å². The Balaban J connectivity index is 3.26. The largest absolute Gasteiger partial charge is 0.426 e. The van der Waals surface area contributed by atoms with Gasteiger partial charge in [0.15, 0.2) is 0 Å². The van der Waals surface area contributed by atoms with Gasteiger partial charge in [-0.05, 0) is 22.5 Å². The first-order valence-electron chi connectivity index (χ1n) is 6.16. The fourth-order valence-electron chi connectivity index (χ4n) is 1.76. The summed E-state index contributed by atoms with van der Waals surface area (Å²) in [6, 6.07) is 5.98. The minimum absolute atomic E-state index is 0.0610. The summed E-state index contributed by atoms with van der Waals surface area (Å²) < 4.78 is 9.64. The van der Waals surface area contributed by atoms with Crippen LogP contribution in [0.1, 0.15) is 52.7 Å². The first-order chi connectivity index (χ1) is 8.55. The van der Waals surface area contributed by atoms with Gasteiger partial charge in [0.2, 0.25) is 0 Å². The Morgan fingerprint density at radius 2 is 1.63 bits per heavy atom. The smallest absolute Gasteiger partial charge is 0.412 e. The van der Waals surface area contributed by atoms with Crippen molar-refractivity contribution in [3.05, 3.63) is 29.3 Å². The van der Waals surface area contributed by atoms with Crippen molar-refractivity contribution in [3.63, 3.8) is 0 Å². The molecule has 0 fully saturated rings. The molecule has 0 aliphatic carbocycles. The molecule has 108 valence electrons. The van der Waals surface area contributed by atoms with Crippen molar-refractivity contribution in [2.75, 3.05) is 0 Å². The van der Waals surface area contributed by atoms with Gasteiger partial charge < -0.3 is 9.42 Å². The summed E-state index contributed by atoms with van der Waals surface area (Å²) in [5.74, 6) is 0.606. The van der Waals surface area contributed by atoms with Crippen LogP contribution in [0.15, 0.2) is 18.2 Å². The Bertz CT molecular complexity index is 435. The standard InChI is InChI=1S/C14H22ClO3P/c1-13(2,3)10-7-8-12(17-19(16)18-15)11(9-10)14(4,5)6/h7-9,16H,1-6H3. The van der Waals surface area contributed by atoms with Gasteiger partial charge in [0.05, 0.1) is 11.9 Å².